The third-order valence-electron chi connectivity index (χ3n) is 5.21. The van der Waals surface area contributed by atoms with Gasteiger partial charge >= 0.3 is 0 Å². The van der Waals surface area contributed by atoms with E-state index in [1.165, 1.54) is 6.26 Å². The molecule has 27 heavy (non-hydrogen) atoms. The van der Waals surface area contributed by atoms with E-state index in [2.05, 4.69) is 14.9 Å². The summed E-state index contributed by atoms with van der Waals surface area (Å²) in [5, 5.41) is 0. The molecule has 0 radical (unpaired) electrons. The van der Waals surface area contributed by atoms with Crippen LogP contribution in [-0.4, -0.2) is 70.3 Å². The Morgan fingerprint density at radius 2 is 1.78 bits per heavy atom. The molecule has 2 aliphatic heterocycles. The molecule has 0 aromatic carbocycles. The van der Waals surface area contributed by atoms with Crippen molar-refractivity contribution in [1.29, 1.82) is 0 Å². The predicted molar refractivity (Wildman–Crippen MR) is 98.2 cm³/mol. The molecule has 1 unspecified atom stereocenters. The Balaban J connectivity index is 1.41. The van der Waals surface area contributed by atoms with Crippen molar-refractivity contribution in [3.8, 4) is 0 Å². The number of amides is 2. The van der Waals surface area contributed by atoms with Gasteiger partial charge in [-0.15, -0.1) is 0 Å². The number of anilines is 1. The minimum Gasteiger partial charge on any atom is -0.459 e. The van der Waals surface area contributed by atoms with Gasteiger partial charge in [-0.1, -0.05) is 0 Å². The lowest BCUT2D eigenvalue weighted by atomic mass is 10.00. The molecule has 2 aliphatic rings. The van der Waals surface area contributed by atoms with Gasteiger partial charge in [0, 0.05) is 45.1 Å². The lowest BCUT2D eigenvalue weighted by Gasteiger charge is -2.40. The number of hydrogen-bond donors (Lipinski definition) is 0. The van der Waals surface area contributed by atoms with Crippen LogP contribution in [0, 0.1) is 0 Å². The Kier molecular flexibility index (Phi) is 5.04. The van der Waals surface area contributed by atoms with Gasteiger partial charge in [0.2, 0.25) is 11.9 Å². The van der Waals surface area contributed by atoms with Crippen molar-refractivity contribution in [3.63, 3.8) is 0 Å². The van der Waals surface area contributed by atoms with E-state index in [1.54, 1.807) is 35.5 Å². The van der Waals surface area contributed by atoms with Crippen LogP contribution in [0.4, 0.5) is 5.95 Å². The van der Waals surface area contributed by atoms with Gasteiger partial charge in [-0.3, -0.25) is 9.59 Å². The summed E-state index contributed by atoms with van der Waals surface area (Å²) in [6.45, 7) is 3.18. The number of carbonyl (C=O) groups is 2. The number of carbonyl (C=O) groups excluding carboxylic acids is 2. The van der Waals surface area contributed by atoms with Crippen molar-refractivity contribution in [2.24, 2.45) is 0 Å². The smallest absolute Gasteiger partial charge is 0.290 e. The summed E-state index contributed by atoms with van der Waals surface area (Å²) in [6, 6.07) is 4.73. The van der Waals surface area contributed by atoms with Crippen LogP contribution in [0.15, 0.2) is 41.3 Å². The molecule has 4 heterocycles. The van der Waals surface area contributed by atoms with E-state index in [1.807, 2.05) is 4.90 Å². The van der Waals surface area contributed by atoms with E-state index in [0.717, 1.165) is 12.8 Å². The van der Waals surface area contributed by atoms with Crippen molar-refractivity contribution >= 4 is 17.8 Å². The zero-order valence-electron chi connectivity index (χ0n) is 15.2. The maximum Gasteiger partial charge on any atom is 0.290 e. The second-order valence-corrected chi connectivity index (χ2v) is 6.85. The summed E-state index contributed by atoms with van der Waals surface area (Å²) in [6.07, 6.45) is 7.50. The number of furan rings is 1. The minimum absolute atomic E-state index is 0.0308. The van der Waals surface area contributed by atoms with Crippen molar-refractivity contribution in [2.45, 2.75) is 25.3 Å². The molecule has 2 amide bonds. The number of nitrogens with zero attached hydrogens (tertiary/aromatic N) is 5. The average molecular weight is 369 g/mol. The van der Waals surface area contributed by atoms with E-state index >= 15 is 0 Å². The van der Waals surface area contributed by atoms with Gasteiger partial charge in [-0.05, 0) is 37.5 Å². The van der Waals surface area contributed by atoms with Gasteiger partial charge in [0.1, 0.15) is 6.04 Å². The van der Waals surface area contributed by atoms with Gasteiger partial charge in [0.25, 0.3) is 5.91 Å². The molecule has 2 aromatic rings. The molecule has 0 bridgehead atoms. The summed E-state index contributed by atoms with van der Waals surface area (Å²) in [4.78, 5) is 40.0. The van der Waals surface area contributed by atoms with Crippen molar-refractivity contribution < 1.29 is 14.0 Å². The summed E-state index contributed by atoms with van der Waals surface area (Å²) >= 11 is 0. The first-order chi connectivity index (χ1) is 13.2. The average Bonchev–Trinajstić information content (AvgIpc) is 3.28. The third kappa shape index (κ3) is 3.65. The Bertz CT molecular complexity index is 772. The molecular formula is C19H23N5O3. The van der Waals surface area contributed by atoms with E-state index < -0.39 is 6.04 Å². The van der Waals surface area contributed by atoms with Gasteiger partial charge in [-0.25, -0.2) is 9.97 Å². The molecule has 0 aliphatic carbocycles. The fourth-order valence-corrected chi connectivity index (χ4v) is 3.77. The summed E-state index contributed by atoms with van der Waals surface area (Å²) in [5.41, 5.74) is 0. The van der Waals surface area contributed by atoms with Crippen LogP contribution in [0.2, 0.25) is 0 Å². The number of piperidine rings is 1. The van der Waals surface area contributed by atoms with Crippen LogP contribution in [0.1, 0.15) is 29.8 Å². The first kappa shape index (κ1) is 17.5. The van der Waals surface area contributed by atoms with Crippen molar-refractivity contribution in [2.75, 3.05) is 37.6 Å². The minimum atomic E-state index is -0.407. The SMILES string of the molecule is O=C(C1CCCCN1C(=O)c1ccco1)N1CCN(c2ncccn2)CC1. The second-order valence-electron chi connectivity index (χ2n) is 6.85. The van der Waals surface area contributed by atoms with Crippen LogP contribution in [-0.2, 0) is 4.79 Å². The topological polar surface area (TPSA) is 82.8 Å². The fourth-order valence-electron chi connectivity index (χ4n) is 3.77. The van der Waals surface area contributed by atoms with Crippen LogP contribution in [0.25, 0.3) is 0 Å². The molecule has 142 valence electrons. The zero-order valence-corrected chi connectivity index (χ0v) is 15.2. The number of hydrogen-bond acceptors (Lipinski definition) is 6. The molecular weight excluding hydrogens is 346 g/mol. The maximum atomic E-state index is 13.1. The Labute approximate surface area is 157 Å². The predicted octanol–water partition coefficient (Wildman–Crippen LogP) is 1.41. The van der Waals surface area contributed by atoms with E-state index in [0.29, 0.717) is 50.9 Å². The Hall–Kier alpha value is -2.90. The van der Waals surface area contributed by atoms with Crippen LogP contribution < -0.4 is 4.90 Å². The maximum absolute atomic E-state index is 13.1. The molecule has 8 nitrogen and oxygen atoms in total. The molecule has 2 aromatic heterocycles. The standard InChI is InChI=1S/C19H23N5O3/c25-17(22-10-12-23(13-11-22)19-20-7-4-8-21-19)15-5-1-2-9-24(15)18(26)16-6-3-14-27-16/h3-4,6-8,14-15H,1-2,5,9-13H2. The summed E-state index contributed by atoms with van der Waals surface area (Å²) in [7, 11) is 0. The molecule has 1 atom stereocenters. The first-order valence-corrected chi connectivity index (χ1v) is 9.39. The van der Waals surface area contributed by atoms with Crippen LogP contribution in [0.3, 0.4) is 0 Å². The quantitative estimate of drug-likeness (QED) is 0.814. The second kappa shape index (κ2) is 7.77. The highest BCUT2D eigenvalue weighted by Crippen LogP contribution is 2.22. The zero-order chi connectivity index (χ0) is 18.6. The molecule has 0 spiro atoms. The largest absolute Gasteiger partial charge is 0.459 e. The number of piperazine rings is 1. The van der Waals surface area contributed by atoms with Crippen molar-refractivity contribution in [3.05, 3.63) is 42.6 Å². The number of rotatable bonds is 3. The van der Waals surface area contributed by atoms with Gasteiger partial charge in [0.05, 0.1) is 6.26 Å². The first-order valence-electron chi connectivity index (χ1n) is 9.39. The lowest BCUT2D eigenvalue weighted by molar-refractivity contribution is -0.137. The molecule has 4 rings (SSSR count). The van der Waals surface area contributed by atoms with Gasteiger partial charge < -0.3 is 19.1 Å². The van der Waals surface area contributed by atoms with E-state index in [4.69, 9.17) is 4.42 Å². The molecule has 0 saturated carbocycles. The normalized spacial score (nSPS) is 20.6. The monoisotopic (exact) mass is 369 g/mol. The number of likely N-dealkylation sites (tertiary alicyclic amines) is 1. The highest BCUT2D eigenvalue weighted by molar-refractivity contribution is 5.95. The Morgan fingerprint density at radius 3 is 2.48 bits per heavy atom. The van der Waals surface area contributed by atoms with Crippen LogP contribution in [0.5, 0.6) is 0 Å². The highest BCUT2D eigenvalue weighted by atomic mass is 16.3. The highest BCUT2D eigenvalue weighted by Gasteiger charge is 2.37. The van der Waals surface area contributed by atoms with E-state index in [-0.39, 0.29) is 11.8 Å². The fraction of sp³-hybridized carbons (Fsp3) is 0.474. The molecule has 0 N–H and O–H groups in total. The summed E-state index contributed by atoms with van der Waals surface area (Å²) in [5.74, 6) is 0.815. The summed E-state index contributed by atoms with van der Waals surface area (Å²) < 4.78 is 5.25. The van der Waals surface area contributed by atoms with Crippen LogP contribution >= 0.6 is 0 Å². The lowest BCUT2D eigenvalue weighted by Crippen LogP contribution is -2.57. The van der Waals surface area contributed by atoms with Gasteiger partial charge in [0.15, 0.2) is 5.76 Å². The van der Waals surface area contributed by atoms with Crippen molar-refractivity contribution in [1.82, 2.24) is 19.8 Å². The van der Waals surface area contributed by atoms with Gasteiger partial charge in [-0.2, -0.15) is 0 Å². The third-order valence-corrected chi connectivity index (χ3v) is 5.21. The van der Waals surface area contributed by atoms with E-state index in [9.17, 15) is 9.59 Å². The molecule has 2 saturated heterocycles. The Morgan fingerprint density at radius 1 is 1.00 bits per heavy atom. The number of aromatic nitrogens is 2. The molecule has 8 heteroatoms. The molecule has 2 fully saturated rings.